The summed E-state index contributed by atoms with van der Waals surface area (Å²) in [5, 5.41) is 9.28. The SMILES string of the molecule is COCCN(CC(C)C)S(=O)(=O)c1cc(F)ccc1CO. The summed E-state index contributed by atoms with van der Waals surface area (Å²) in [6.07, 6.45) is 0. The Labute approximate surface area is 125 Å². The first kappa shape index (κ1) is 18.0. The summed E-state index contributed by atoms with van der Waals surface area (Å²) in [7, 11) is -2.39. The molecular weight excluding hydrogens is 297 g/mol. The number of nitrogens with zero attached hydrogens (tertiary/aromatic N) is 1. The molecule has 21 heavy (non-hydrogen) atoms. The zero-order chi connectivity index (χ0) is 16.0. The zero-order valence-electron chi connectivity index (χ0n) is 12.5. The molecule has 5 nitrogen and oxygen atoms in total. The van der Waals surface area contributed by atoms with Crippen LogP contribution in [0.1, 0.15) is 19.4 Å². The summed E-state index contributed by atoms with van der Waals surface area (Å²) in [6, 6.07) is 3.36. The summed E-state index contributed by atoms with van der Waals surface area (Å²) >= 11 is 0. The Hall–Kier alpha value is -1.02. The van der Waals surface area contributed by atoms with E-state index in [1.54, 1.807) is 0 Å². The van der Waals surface area contributed by atoms with Crippen LogP contribution in [0.15, 0.2) is 23.1 Å². The van der Waals surface area contributed by atoms with Crippen molar-refractivity contribution < 1.29 is 22.7 Å². The predicted molar refractivity (Wildman–Crippen MR) is 77.8 cm³/mol. The number of halogens is 1. The van der Waals surface area contributed by atoms with Crippen LogP contribution in [0.5, 0.6) is 0 Å². The maximum absolute atomic E-state index is 13.4. The van der Waals surface area contributed by atoms with Gasteiger partial charge in [0, 0.05) is 20.2 Å². The second-order valence-corrected chi connectivity index (χ2v) is 7.07. The molecule has 1 aromatic carbocycles. The van der Waals surface area contributed by atoms with E-state index in [4.69, 9.17) is 4.74 Å². The minimum atomic E-state index is -3.88. The molecule has 0 amide bonds. The summed E-state index contributed by atoms with van der Waals surface area (Å²) in [5.41, 5.74) is 0.183. The summed E-state index contributed by atoms with van der Waals surface area (Å²) in [4.78, 5) is -0.193. The van der Waals surface area contributed by atoms with Crippen molar-refractivity contribution >= 4 is 10.0 Å². The second kappa shape index (κ2) is 7.84. The van der Waals surface area contributed by atoms with Crippen molar-refractivity contribution in [3.63, 3.8) is 0 Å². The first-order chi connectivity index (χ1) is 9.82. The highest BCUT2D eigenvalue weighted by atomic mass is 32.2. The second-order valence-electron chi connectivity index (χ2n) is 5.16. The van der Waals surface area contributed by atoms with Crippen molar-refractivity contribution in [2.75, 3.05) is 26.8 Å². The number of sulfonamides is 1. The van der Waals surface area contributed by atoms with E-state index in [-0.39, 0.29) is 29.5 Å². The molecule has 0 radical (unpaired) electrons. The summed E-state index contributed by atoms with van der Waals surface area (Å²) < 4.78 is 45.0. The molecule has 0 aliphatic carbocycles. The van der Waals surface area contributed by atoms with Crippen molar-refractivity contribution in [2.24, 2.45) is 5.92 Å². The fourth-order valence-corrected chi connectivity index (χ4v) is 3.76. The number of aliphatic hydroxyl groups excluding tert-OH is 1. The Morgan fingerprint density at radius 1 is 1.38 bits per heavy atom. The maximum Gasteiger partial charge on any atom is 0.243 e. The topological polar surface area (TPSA) is 66.8 Å². The molecule has 1 N–H and O–H groups in total. The summed E-state index contributed by atoms with van der Waals surface area (Å²) in [6.45, 7) is 4.05. The zero-order valence-corrected chi connectivity index (χ0v) is 13.4. The lowest BCUT2D eigenvalue weighted by molar-refractivity contribution is 0.175. The van der Waals surface area contributed by atoms with E-state index in [0.29, 0.717) is 6.54 Å². The standard InChI is InChI=1S/C14H22FNO4S/c1-11(2)9-16(6-7-20-3)21(18,19)14-8-13(15)5-4-12(14)10-17/h4-5,8,11,17H,6-7,9-10H2,1-3H3. The van der Waals surface area contributed by atoms with E-state index in [2.05, 4.69) is 0 Å². The van der Waals surface area contributed by atoms with Gasteiger partial charge in [0.15, 0.2) is 0 Å². The fourth-order valence-electron chi connectivity index (χ4n) is 1.95. The number of rotatable bonds is 8. The number of ether oxygens (including phenoxy) is 1. The average Bonchev–Trinajstić information content (AvgIpc) is 2.42. The Morgan fingerprint density at radius 3 is 2.57 bits per heavy atom. The van der Waals surface area contributed by atoms with Gasteiger partial charge >= 0.3 is 0 Å². The van der Waals surface area contributed by atoms with Crippen molar-refractivity contribution in [3.05, 3.63) is 29.6 Å². The van der Waals surface area contributed by atoms with Gasteiger partial charge in [0.2, 0.25) is 10.0 Å². The van der Waals surface area contributed by atoms with Gasteiger partial charge < -0.3 is 9.84 Å². The van der Waals surface area contributed by atoms with Crippen molar-refractivity contribution in [1.82, 2.24) is 4.31 Å². The van der Waals surface area contributed by atoms with Crippen LogP contribution in [-0.4, -0.2) is 44.6 Å². The predicted octanol–water partition coefficient (Wildman–Crippen LogP) is 1.61. The molecule has 7 heteroatoms. The largest absolute Gasteiger partial charge is 0.392 e. The van der Waals surface area contributed by atoms with E-state index in [1.807, 2.05) is 13.8 Å². The highest BCUT2D eigenvalue weighted by Crippen LogP contribution is 2.22. The van der Waals surface area contributed by atoms with Gasteiger partial charge in [0.05, 0.1) is 18.1 Å². The van der Waals surface area contributed by atoms with Crippen molar-refractivity contribution in [2.45, 2.75) is 25.3 Å². The first-order valence-corrected chi connectivity index (χ1v) is 8.15. The average molecular weight is 319 g/mol. The maximum atomic E-state index is 13.4. The molecule has 0 unspecified atom stereocenters. The van der Waals surface area contributed by atoms with Crippen LogP contribution in [0, 0.1) is 11.7 Å². The normalized spacial score (nSPS) is 12.3. The number of hydrogen-bond acceptors (Lipinski definition) is 4. The molecule has 0 atom stereocenters. The van der Waals surface area contributed by atoms with Gasteiger partial charge in [-0.05, 0) is 23.6 Å². The van der Waals surface area contributed by atoms with Gasteiger partial charge in [0.25, 0.3) is 0 Å². The van der Waals surface area contributed by atoms with Gasteiger partial charge in [-0.1, -0.05) is 19.9 Å². The number of methoxy groups -OCH3 is 1. The highest BCUT2D eigenvalue weighted by molar-refractivity contribution is 7.89. The highest BCUT2D eigenvalue weighted by Gasteiger charge is 2.27. The minimum absolute atomic E-state index is 0.114. The molecule has 1 aromatic rings. The Kier molecular flexibility index (Phi) is 6.73. The van der Waals surface area contributed by atoms with Crippen LogP contribution in [0.4, 0.5) is 4.39 Å². The Balaban J connectivity index is 3.24. The lowest BCUT2D eigenvalue weighted by Gasteiger charge is -2.24. The van der Waals surface area contributed by atoms with Gasteiger partial charge in [-0.3, -0.25) is 0 Å². The van der Waals surface area contributed by atoms with Crippen LogP contribution in [0.25, 0.3) is 0 Å². The van der Waals surface area contributed by atoms with E-state index in [0.717, 1.165) is 12.1 Å². The minimum Gasteiger partial charge on any atom is -0.392 e. The van der Waals surface area contributed by atoms with Crippen LogP contribution < -0.4 is 0 Å². The third-order valence-corrected chi connectivity index (χ3v) is 4.88. The van der Waals surface area contributed by atoms with Gasteiger partial charge in [-0.25, -0.2) is 12.8 Å². The van der Waals surface area contributed by atoms with E-state index < -0.39 is 22.4 Å². The molecule has 120 valence electrons. The van der Waals surface area contributed by atoms with Gasteiger partial charge in [0.1, 0.15) is 5.82 Å². The first-order valence-electron chi connectivity index (χ1n) is 6.71. The van der Waals surface area contributed by atoms with E-state index in [1.165, 1.54) is 17.5 Å². The molecule has 0 aliphatic rings. The Bertz CT molecular complexity index is 560. The molecule has 0 heterocycles. The van der Waals surface area contributed by atoms with Gasteiger partial charge in [-0.15, -0.1) is 0 Å². The fraction of sp³-hybridized carbons (Fsp3) is 0.571. The molecule has 0 fully saturated rings. The van der Waals surface area contributed by atoms with Crippen LogP contribution in [0.2, 0.25) is 0 Å². The van der Waals surface area contributed by atoms with Crippen LogP contribution in [-0.2, 0) is 21.4 Å². The van der Waals surface area contributed by atoms with Crippen LogP contribution >= 0.6 is 0 Å². The quantitative estimate of drug-likeness (QED) is 0.790. The smallest absolute Gasteiger partial charge is 0.243 e. The third kappa shape index (κ3) is 4.74. The monoisotopic (exact) mass is 319 g/mol. The Morgan fingerprint density at radius 2 is 2.05 bits per heavy atom. The molecule has 0 saturated carbocycles. The molecule has 0 aromatic heterocycles. The lowest BCUT2D eigenvalue weighted by Crippen LogP contribution is -2.37. The van der Waals surface area contributed by atoms with E-state index >= 15 is 0 Å². The molecule has 0 saturated heterocycles. The lowest BCUT2D eigenvalue weighted by atomic mass is 10.2. The molecule has 1 rings (SSSR count). The molecular formula is C14H22FNO4S. The number of aliphatic hydroxyl groups is 1. The number of hydrogen-bond donors (Lipinski definition) is 1. The van der Waals surface area contributed by atoms with Crippen LogP contribution in [0.3, 0.4) is 0 Å². The van der Waals surface area contributed by atoms with Gasteiger partial charge in [-0.2, -0.15) is 4.31 Å². The molecule has 0 bridgehead atoms. The van der Waals surface area contributed by atoms with Crippen molar-refractivity contribution in [3.8, 4) is 0 Å². The number of benzene rings is 1. The summed E-state index contributed by atoms with van der Waals surface area (Å²) in [5.74, 6) is -0.537. The van der Waals surface area contributed by atoms with Crippen molar-refractivity contribution in [1.29, 1.82) is 0 Å². The molecule has 0 aliphatic heterocycles. The van der Waals surface area contributed by atoms with E-state index in [9.17, 15) is 17.9 Å². The third-order valence-electron chi connectivity index (χ3n) is 2.93. The molecule has 0 spiro atoms.